The number of carbonyl (C=O) groups excluding carboxylic acids is 2. The average molecular weight is 416 g/mol. The van der Waals surface area contributed by atoms with Crippen molar-refractivity contribution >= 4 is 23.8 Å². The average Bonchev–Trinajstić information content (AvgIpc) is 3.29. The molecule has 0 aliphatic carbocycles. The number of primary amides is 1. The van der Waals surface area contributed by atoms with Gasteiger partial charge in [0.15, 0.2) is 0 Å². The van der Waals surface area contributed by atoms with Crippen LogP contribution in [0.25, 0.3) is 0 Å². The fraction of sp³-hybridized carbons (Fsp3) is 0.350. The molecule has 2 aromatic rings. The zero-order chi connectivity index (χ0) is 21.5. The number of nitrogens with two attached hydrogens (primary N) is 1. The number of aromatic nitrogens is 2. The van der Waals surface area contributed by atoms with Crippen molar-refractivity contribution in [3.63, 3.8) is 0 Å². The molecule has 1 saturated heterocycles. The molecule has 8 nitrogen and oxygen atoms in total. The van der Waals surface area contributed by atoms with Gasteiger partial charge in [0.05, 0.1) is 0 Å². The van der Waals surface area contributed by atoms with Gasteiger partial charge in [0, 0.05) is 50.3 Å². The SMILES string of the molecule is Fc1cccc(F)c1.NC(=O)c1cc(N2CCC(C(=O)N3CCC=N3)CC2)ncn1. The second-order valence-corrected chi connectivity index (χ2v) is 6.88. The van der Waals surface area contributed by atoms with Crippen LogP contribution in [-0.2, 0) is 4.79 Å². The van der Waals surface area contributed by atoms with Crippen LogP contribution in [0.5, 0.6) is 0 Å². The van der Waals surface area contributed by atoms with Crippen molar-refractivity contribution in [1.82, 2.24) is 15.0 Å². The molecular weight excluding hydrogens is 394 g/mol. The first-order valence-corrected chi connectivity index (χ1v) is 9.55. The lowest BCUT2D eigenvalue weighted by atomic mass is 9.95. The summed E-state index contributed by atoms with van der Waals surface area (Å²) in [6, 6.07) is 6.14. The summed E-state index contributed by atoms with van der Waals surface area (Å²) in [6.45, 7) is 2.11. The molecule has 3 heterocycles. The topological polar surface area (TPSA) is 105 Å². The number of halogens is 2. The van der Waals surface area contributed by atoms with E-state index in [2.05, 4.69) is 15.1 Å². The summed E-state index contributed by atoms with van der Waals surface area (Å²) < 4.78 is 23.9. The minimum Gasteiger partial charge on any atom is -0.364 e. The van der Waals surface area contributed by atoms with Gasteiger partial charge in [-0.1, -0.05) is 6.07 Å². The molecule has 0 radical (unpaired) electrons. The van der Waals surface area contributed by atoms with Gasteiger partial charge in [-0.15, -0.1) is 0 Å². The van der Waals surface area contributed by atoms with Gasteiger partial charge in [-0.05, 0) is 25.0 Å². The van der Waals surface area contributed by atoms with Gasteiger partial charge in [0.1, 0.15) is 29.5 Å². The van der Waals surface area contributed by atoms with E-state index in [1.165, 1.54) is 24.5 Å². The van der Waals surface area contributed by atoms with Crippen LogP contribution in [0, 0.1) is 17.6 Å². The Morgan fingerprint density at radius 1 is 1.03 bits per heavy atom. The van der Waals surface area contributed by atoms with Crippen molar-refractivity contribution in [2.75, 3.05) is 24.5 Å². The first-order chi connectivity index (χ1) is 14.4. The van der Waals surface area contributed by atoms with E-state index in [1.54, 1.807) is 17.3 Å². The number of hydrogen-bond donors (Lipinski definition) is 1. The molecule has 1 fully saturated rings. The number of piperidine rings is 1. The third-order valence-corrected chi connectivity index (χ3v) is 4.81. The van der Waals surface area contributed by atoms with Crippen LogP contribution in [0.15, 0.2) is 41.8 Å². The lowest BCUT2D eigenvalue weighted by Gasteiger charge is -2.33. The van der Waals surface area contributed by atoms with E-state index >= 15 is 0 Å². The van der Waals surface area contributed by atoms with E-state index in [0.29, 0.717) is 25.5 Å². The van der Waals surface area contributed by atoms with Gasteiger partial charge < -0.3 is 10.6 Å². The lowest BCUT2D eigenvalue weighted by Crippen LogP contribution is -2.40. The number of nitrogens with zero attached hydrogens (tertiary/aromatic N) is 5. The monoisotopic (exact) mass is 416 g/mol. The minimum absolute atomic E-state index is 0.00366. The highest BCUT2D eigenvalue weighted by atomic mass is 19.1. The van der Waals surface area contributed by atoms with E-state index in [0.717, 1.165) is 25.3 Å². The molecule has 1 aromatic carbocycles. The van der Waals surface area contributed by atoms with E-state index in [-0.39, 0.29) is 17.5 Å². The number of rotatable bonds is 3. The van der Waals surface area contributed by atoms with Gasteiger partial charge in [-0.2, -0.15) is 5.10 Å². The molecule has 30 heavy (non-hydrogen) atoms. The lowest BCUT2D eigenvalue weighted by molar-refractivity contribution is -0.135. The maximum atomic E-state index is 12.3. The quantitative estimate of drug-likeness (QED) is 0.824. The predicted molar refractivity (Wildman–Crippen MR) is 107 cm³/mol. The van der Waals surface area contributed by atoms with Gasteiger partial charge >= 0.3 is 0 Å². The summed E-state index contributed by atoms with van der Waals surface area (Å²) in [5, 5.41) is 5.66. The van der Waals surface area contributed by atoms with Crippen molar-refractivity contribution in [1.29, 1.82) is 0 Å². The Kier molecular flexibility index (Phi) is 6.99. The molecule has 1 aromatic heterocycles. The maximum Gasteiger partial charge on any atom is 0.267 e. The summed E-state index contributed by atoms with van der Waals surface area (Å²) in [4.78, 5) is 33.5. The van der Waals surface area contributed by atoms with Crippen LogP contribution < -0.4 is 10.6 Å². The largest absolute Gasteiger partial charge is 0.364 e. The zero-order valence-electron chi connectivity index (χ0n) is 16.2. The number of benzene rings is 1. The van der Waals surface area contributed by atoms with E-state index in [4.69, 9.17) is 5.73 Å². The van der Waals surface area contributed by atoms with E-state index < -0.39 is 17.5 Å². The van der Waals surface area contributed by atoms with Crippen molar-refractivity contribution in [2.24, 2.45) is 16.8 Å². The number of carbonyl (C=O) groups is 2. The Hall–Kier alpha value is -3.43. The molecule has 2 amide bonds. The Morgan fingerprint density at radius 2 is 1.73 bits per heavy atom. The minimum atomic E-state index is -0.569. The third kappa shape index (κ3) is 5.56. The summed E-state index contributed by atoms with van der Waals surface area (Å²) >= 11 is 0. The summed E-state index contributed by atoms with van der Waals surface area (Å²) in [5.74, 6) is -0.859. The molecule has 2 aliphatic rings. The van der Waals surface area contributed by atoms with Gasteiger partial charge in [0.2, 0.25) is 5.91 Å². The van der Waals surface area contributed by atoms with E-state index in [9.17, 15) is 18.4 Å². The van der Waals surface area contributed by atoms with Crippen molar-refractivity contribution < 1.29 is 18.4 Å². The highest BCUT2D eigenvalue weighted by molar-refractivity contribution is 5.91. The third-order valence-electron chi connectivity index (χ3n) is 4.81. The van der Waals surface area contributed by atoms with Crippen LogP contribution in [0.4, 0.5) is 14.6 Å². The Morgan fingerprint density at radius 3 is 2.27 bits per heavy atom. The molecule has 0 atom stereocenters. The van der Waals surface area contributed by atoms with E-state index in [1.807, 2.05) is 4.90 Å². The number of hydrogen-bond acceptors (Lipinski definition) is 6. The Bertz CT molecular complexity index is 914. The van der Waals surface area contributed by atoms with Crippen molar-refractivity contribution in [3.05, 3.63) is 54.0 Å². The summed E-state index contributed by atoms with van der Waals surface area (Å²) in [5.41, 5.74) is 5.44. The molecule has 10 heteroatoms. The Labute approximate surface area is 172 Å². The fourth-order valence-electron chi connectivity index (χ4n) is 3.24. The van der Waals surface area contributed by atoms with Crippen LogP contribution in [0.2, 0.25) is 0 Å². The van der Waals surface area contributed by atoms with Gasteiger partial charge in [0.25, 0.3) is 5.91 Å². The molecule has 158 valence electrons. The first-order valence-electron chi connectivity index (χ1n) is 9.55. The number of amides is 2. The molecule has 0 saturated carbocycles. The zero-order valence-corrected chi connectivity index (χ0v) is 16.2. The van der Waals surface area contributed by atoms with Crippen molar-refractivity contribution in [3.8, 4) is 0 Å². The van der Waals surface area contributed by atoms with Crippen LogP contribution in [0.3, 0.4) is 0 Å². The standard InChI is InChI=1S/C14H18N6O2.C6H4F2/c15-13(21)11-8-12(17-9-16-11)19-6-2-10(3-7-19)14(22)20-5-1-4-18-20;7-5-2-1-3-6(8)4-5/h4,8-10H,1-3,5-7H2,(H2,15,21);1-4H. The summed E-state index contributed by atoms with van der Waals surface area (Å²) in [6.07, 6.45) is 5.45. The first kappa shape index (κ1) is 21.3. The normalized spacial score (nSPS) is 16.2. The van der Waals surface area contributed by atoms with Crippen LogP contribution >= 0.6 is 0 Å². The highest BCUT2D eigenvalue weighted by Gasteiger charge is 2.29. The molecule has 2 N–H and O–H groups in total. The predicted octanol–water partition coefficient (Wildman–Crippen LogP) is 1.97. The smallest absolute Gasteiger partial charge is 0.267 e. The molecular formula is C20H22F2N6O2. The van der Waals surface area contributed by atoms with Gasteiger partial charge in [-0.25, -0.2) is 23.8 Å². The second kappa shape index (κ2) is 9.86. The van der Waals surface area contributed by atoms with Crippen LogP contribution in [0.1, 0.15) is 29.8 Å². The second-order valence-electron chi connectivity index (χ2n) is 6.88. The Balaban J connectivity index is 0.000000269. The molecule has 2 aliphatic heterocycles. The maximum absolute atomic E-state index is 12.3. The van der Waals surface area contributed by atoms with Gasteiger partial charge in [-0.3, -0.25) is 9.59 Å². The molecule has 0 unspecified atom stereocenters. The number of hydrazone groups is 1. The molecule has 4 rings (SSSR count). The molecule has 0 spiro atoms. The fourth-order valence-corrected chi connectivity index (χ4v) is 3.24. The summed E-state index contributed by atoms with van der Waals surface area (Å²) in [7, 11) is 0. The van der Waals surface area contributed by atoms with Crippen LogP contribution in [-0.4, -0.2) is 52.6 Å². The highest BCUT2D eigenvalue weighted by Crippen LogP contribution is 2.24. The molecule has 0 bridgehead atoms. The van der Waals surface area contributed by atoms with Crippen molar-refractivity contribution in [2.45, 2.75) is 19.3 Å². The number of anilines is 1.